The van der Waals surface area contributed by atoms with Crippen molar-refractivity contribution in [2.75, 3.05) is 18.2 Å². The van der Waals surface area contributed by atoms with Crippen molar-refractivity contribution in [1.29, 1.82) is 0 Å². The summed E-state index contributed by atoms with van der Waals surface area (Å²) in [7, 11) is 0. The van der Waals surface area contributed by atoms with Gasteiger partial charge in [0, 0.05) is 11.3 Å². The molecule has 2 aromatic carbocycles. The average molecular weight is 500 g/mol. The smallest absolute Gasteiger partial charge is 0.271 e. The molecule has 0 aliphatic carbocycles. The van der Waals surface area contributed by atoms with E-state index in [0.29, 0.717) is 11.5 Å². The summed E-state index contributed by atoms with van der Waals surface area (Å²) in [4.78, 5) is 40.9. The molecule has 1 saturated heterocycles. The monoisotopic (exact) mass is 499 g/mol. The molecule has 35 heavy (non-hydrogen) atoms. The van der Waals surface area contributed by atoms with E-state index in [9.17, 15) is 19.5 Å². The SMILES string of the molecule is CC(C)(C)NC(=O)[C@@H]1CSCN1C(=O)[C@@](N)(O)[C@H](Cc1ccccc1)C(=O)COc1ccccc1. The van der Waals surface area contributed by atoms with Crippen LogP contribution in [0.1, 0.15) is 26.3 Å². The van der Waals surface area contributed by atoms with Crippen molar-refractivity contribution in [3.05, 3.63) is 66.2 Å². The second-order valence-electron chi connectivity index (χ2n) is 9.67. The number of hydrogen-bond donors (Lipinski definition) is 3. The van der Waals surface area contributed by atoms with E-state index < -0.39 is 34.9 Å². The Morgan fingerprint density at radius 1 is 1.11 bits per heavy atom. The lowest BCUT2D eigenvalue weighted by Gasteiger charge is -2.36. The minimum absolute atomic E-state index is 0.0381. The molecule has 3 rings (SSSR count). The van der Waals surface area contributed by atoms with Crippen LogP contribution in [-0.2, 0) is 20.8 Å². The van der Waals surface area contributed by atoms with Crippen molar-refractivity contribution in [2.24, 2.45) is 11.7 Å². The van der Waals surface area contributed by atoms with E-state index in [2.05, 4.69) is 5.32 Å². The maximum atomic E-state index is 13.5. The second kappa shape index (κ2) is 11.2. The second-order valence-corrected chi connectivity index (χ2v) is 10.7. The van der Waals surface area contributed by atoms with Crippen molar-refractivity contribution >= 4 is 29.4 Å². The highest BCUT2D eigenvalue weighted by Crippen LogP contribution is 2.28. The van der Waals surface area contributed by atoms with Gasteiger partial charge in [0.25, 0.3) is 5.91 Å². The Bertz CT molecular complexity index is 1020. The fraction of sp³-hybridized carbons (Fsp3) is 0.423. The molecule has 0 radical (unpaired) electrons. The molecule has 0 unspecified atom stereocenters. The third-order valence-electron chi connectivity index (χ3n) is 5.61. The number of carbonyl (C=O) groups excluding carboxylic acids is 3. The summed E-state index contributed by atoms with van der Waals surface area (Å²) in [6, 6.07) is 17.0. The number of amides is 2. The summed E-state index contributed by atoms with van der Waals surface area (Å²) < 4.78 is 5.59. The summed E-state index contributed by atoms with van der Waals surface area (Å²) in [5, 5.41) is 14.2. The molecule has 9 heteroatoms. The lowest BCUT2D eigenvalue weighted by molar-refractivity contribution is -0.163. The van der Waals surface area contributed by atoms with E-state index in [0.717, 1.165) is 5.56 Å². The number of ether oxygens (including phenoxy) is 1. The molecule has 0 spiro atoms. The van der Waals surface area contributed by atoms with Gasteiger partial charge in [0.1, 0.15) is 18.4 Å². The van der Waals surface area contributed by atoms with E-state index in [4.69, 9.17) is 10.5 Å². The van der Waals surface area contributed by atoms with Gasteiger partial charge in [0.2, 0.25) is 11.6 Å². The number of aliphatic hydroxyl groups is 1. The maximum Gasteiger partial charge on any atom is 0.271 e. The quantitative estimate of drug-likeness (QED) is 0.451. The fourth-order valence-corrected chi connectivity index (χ4v) is 4.98. The molecule has 0 aromatic heterocycles. The minimum Gasteiger partial charge on any atom is -0.486 e. The minimum atomic E-state index is -2.53. The van der Waals surface area contributed by atoms with E-state index in [1.54, 1.807) is 48.5 Å². The van der Waals surface area contributed by atoms with Crippen LogP contribution >= 0.6 is 11.8 Å². The van der Waals surface area contributed by atoms with Gasteiger partial charge in [0.15, 0.2) is 5.78 Å². The zero-order chi connectivity index (χ0) is 25.6. The largest absolute Gasteiger partial charge is 0.486 e. The van der Waals surface area contributed by atoms with Crippen LogP contribution in [0.5, 0.6) is 5.75 Å². The zero-order valence-corrected chi connectivity index (χ0v) is 21.1. The summed E-state index contributed by atoms with van der Waals surface area (Å²) >= 11 is 1.39. The van der Waals surface area contributed by atoms with E-state index in [1.165, 1.54) is 16.7 Å². The first-order chi connectivity index (χ1) is 16.5. The molecule has 4 N–H and O–H groups in total. The van der Waals surface area contributed by atoms with Crippen molar-refractivity contribution < 1.29 is 24.2 Å². The number of thioether (sulfide) groups is 1. The lowest BCUT2D eigenvalue weighted by atomic mass is 9.85. The topological polar surface area (TPSA) is 122 Å². The number of carbonyl (C=O) groups is 3. The van der Waals surface area contributed by atoms with Crippen molar-refractivity contribution in [3.8, 4) is 5.75 Å². The Morgan fingerprint density at radius 3 is 2.31 bits per heavy atom. The van der Waals surface area contributed by atoms with Crippen LogP contribution in [0.2, 0.25) is 0 Å². The van der Waals surface area contributed by atoms with Crippen LogP contribution in [0.4, 0.5) is 0 Å². The van der Waals surface area contributed by atoms with E-state index in [-0.39, 0.29) is 24.8 Å². The molecule has 188 valence electrons. The average Bonchev–Trinajstić information content (AvgIpc) is 3.31. The van der Waals surface area contributed by atoms with Crippen LogP contribution in [0, 0.1) is 5.92 Å². The van der Waals surface area contributed by atoms with Crippen LogP contribution in [0.25, 0.3) is 0 Å². The van der Waals surface area contributed by atoms with E-state index >= 15 is 0 Å². The van der Waals surface area contributed by atoms with Crippen LogP contribution in [-0.4, -0.2) is 63.1 Å². The third-order valence-corrected chi connectivity index (χ3v) is 6.63. The first-order valence-corrected chi connectivity index (χ1v) is 12.6. The van der Waals surface area contributed by atoms with Crippen molar-refractivity contribution in [2.45, 2.75) is 44.5 Å². The Labute approximate surface area is 210 Å². The molecule has 8 nitrogen and oxygen atoms in total. The molecule has 0 bridgehead atoms. The predicted molar refractivity (Wildman–Crippen MR) is 136 cm³/mol. The summed E-state index contributed by atoms with van der Waals surface area (Å²) in [5.74, 6) is -1.93. The maximum absolute atomic E-state index is 13.5. The summed E-state index contributed by atoms with van der Waals surface area (Å²) in [6.07, 6.45) is 0.0381. The summed E-state index contributed by atoms with van der Waals surface area (Å²) in [5.41, 5.74) is 3.96. The Hall–Kier alpha value is -2.88. The lowest BCUT2D eigenvalue weighted by Crippen LogP contribution is -2.65. The summed E-state index contributed by atoms with van der Waals surface area (Å²) in [6.45, 7) is 5.18. The number of rotatable bonds is 9. The van der Waals surface area contributed by atoms with Crippen LogP contribution in [0.15, 0.2) is 60.7 Å². The van der Waals surface area contributed by atoms with Gasteiger partial charge >= 0.3 is 0 Å². The first kappa shape index (κ1) is 26.7. The number of para-hydroxylation sites is 1. The zero-order valence-electron chi connectivity index (χ0n) is 20.3. The fourth-order valence-electron chi connectivity index (χ4n) is 3.83. The number of ketones is 1. The molecule has 2 amide bonds. The van der Waals surface area contributed by atoms with Gasteiger partial charge in [-0.05, 0) is 44.9 Å². The Morgan fingerprint density at radius 2 is 1.71 bits per heavy atom. The highest BCUT2D eigenvalue weighted by Gasteiger charge is 2.50. The van der Waals surface area contributed by atoms with E-state index in [1.807, 2.05) is 32.9 Å². The highest BCUT2D eigenvalue weighted by molar-refractivity contribution is 7.99. The molecular formula is C26H33N3O5S. The number of Topliss-reactive ketones (excluding diaryl/α,β-unsaturated/α-hetero) is 1. The first-order valence-electron chi connectivity index (χ1n) is 11.5. The van der Waals surface area contributed by atoms with Crippen LogP contribution < -0.4 is 15.8 Å². The normalized spacial score (nSPS) is 18.4. The van der Waals surface area contributed by atoms with Crippen molar-refractivity contribution in [3.63, 3.8) is 0 Å². The highest BCUT2D eigenvalue weighted by atomic mass is 32.2. The number of nitrogens with two attached hydrogens (primary N) is 1. The molecular weight excluding hydrogens is 466 g/mol. The molecule has 3 atom stereocenters. The van der Waals surface area contributed by atoms with Gasteiger partial charge in [-0.2, -0.15) is 0 Å². The van der Waals surface area contributed by atoms with Gasteiger partial charge in [-0.25, -0.2) is 0 Å². The molecule has 1 aliphatic rings. The molecule has 2 aromatic rings. The predicted octanol–water partition coefficient (Wildman–Crippen LogP) is 1.96. The molecule has 1 aliphatic heterocycles. The molecule has 1 heterocycles. The molecule has 1 fully saturated rings. The third kappa shape index (κ3) is 7.06. The van der Waals surface area contributed by atoms with Crippen LogP contribution in [0.3, 0.4) is 0 Å². The molecule has 0 saturated carbocycles. The van der Waals surface area contributed by atoms with Gasteiger partial charge in [0.05, 0.1) is 11.8 Å². The number of hydrogen-bond acceptors (Lipinski definition) is 7. The Balaban J connectivity index is 1.83. The van der Waals surface area contributed by atoms with Gasteiger partial charge in [-0.3, -0.25) is 20.1 Å². The number of benzene rings is 2. The van der Waals surface area contributed by atoms with Gasteiger partial charge in [-0.15, -0.1) is 11.8 Å². The number of nitrogens with zero attached hydrogens (tertiary/aromatic N) is 1. The van der Waals surface area contributed by atoms with Gasteiger partial charge in [-0.1, -0.05) is 48.5 Å². The Kier molecular flexibility index (Phi) is 8.58. The van der Waals surface area contributed by atoms with Gasteiger partial charge < -0.3 is 20.1 Å². The van der Waals surface area contributed by atoms with Crippen molar-refractivity contribution in [1.82, 2.24) is 10.2 Å². The number of nitrogens with one attached hydrogen (secondary N) is 1. The standard InChI is InChI=1S/C26H33N3O5S/c1-25(2,3)28-23(31)21-16-35-17-29(21)24(32)26(27,33)20(14-18-10-6-4-7-11-18)22(30)15-34-19-12-8-5-9-13-19/h4-13,20-21,33H,14-17,27H2,1-3H3,(H,28,31)/t20-,21+,26+/m1/s1.